The first-order chi connectivity index (χ1) is 12.6. The number of benzene rings is 1. The van der Waals surface area contributed by atoms with Crippen LogP contribution in [0.2, 0.25) is 5.02 Å². The molecular weight excluding hydrogens is 414 g/mol. The fourth-order valence-corrected chi connectivity index (χ4v) is 4.95. The van der Waals surface area contributed by atoms with Crippen molar-refractivity contribution >= 4 is 50.2 Å². The summed E-state index contributed by atoms with van der Waals surface area (Å²) in [5, 5.41) is 13.6. The standard InChI is InChI=1S/C16H18ClN3O5S2/c1-4-19(5-2)27(24,25)11-6-7-12(17)13(8-11)18-16(21)15-9-14(20(22)23)10(3)26-15/h6-9H,4-5H2,1-3H3,(H,18,21). The minimum absolute atomic E-state index is 0.000703. The zero-order valence-electron chi connectivity index (χ0n) is 14.9. The van der Waals surface area contributed by atoms with Crippen molar-refractivity contribution < 1.29 is 18.1 Å². The van der Waals surface area contributed by atoms with Crippen molar-refractivity contribution in [3.8, 4) is 0 Å². The van der Waals surface area contributed by atoms with E-state index in [1.807, 2.05) is 0 Å². The van der Waals surface area contributed by atoms with E-state index in [1.165, 1.54) is 28.6 Å². The first kappa shape index (κ1) is 21.3. The minimum Gasteiger partial charge on any atom is -0.320 e. The maximum absolute atomic E-state index is 12.6. The summed E-state index contributed by atoms with van der Waals surface area (Å²) in [6.07, 6.45) is 0. The van der Waals surface area contributed by atoms with Gasteiger partial charge in [0.2, 0.25) is 10.0 Å². The molecule has 8 nitrogen and oxygen atoms in total. The molecule has 1 aromatic heterocycles. The number of amides is 1. The van der Waals surface area contributed by atoms with Crippen LogP contribution in [0, 0.1) is 17.0 Å². The molecule has 0 aliphatic carbocycles. The maximum Gasteiger partial charge on any atom is 0.283 e. The second-order valence-corrected chi connectivity index (χ2v) is 9.10. The third-order valence-corrected chi connectivity index (χ3v) is 7.26. The topological polar surface area (TPSA) is 110 Å². The van der Waals surface area contributed by atoms with Crippen LogP contribution < -0.4 is 5.32 Å². The van der Waals surface area contributed by atoms with Crippen LogP contribution in [0.3, 0.4) is 0 Å². The van der Waals surface area contributed by atoms with Gasteiger partial charge in [-0.2, -0.15) is 4.31 Å². The Hall–Kier alpha value is -2.01. The number of anilines is 1. The van der Waals surface area contributed by atoms with Crippen LogP contribution in [0.25, 0.3) is 0 Å². The lowest BCUT2D eigenvalue weighted by molar-refractivity contribution is -0.385. The molecule has 0 saturated carbocycles. The molecule has 1 amide bonds. The number of carbonyl (C=O) groups excluding carboxylic acids is 1. The van der Waals surface area contributed by atoms with E-state index in [9.17, 15) is 23.3 Å². The van der Waals surface area contributed by atoms with E-state index >= 15 is 0 Å². The van der Waals surface area contributed by atoms with Gasteiger partial charge in [0.15, 0.2) is 0 Å². The predicted molar refractivity (Wildman–Crippen MR) is 105 cm³/mol. The molecule has 2 aromatic rings. The molecule has 0 aliphatic rings. The molecule has 0 radical (unpaired) electrons. The van der Waals surface area contributed by atoms with E-state index in [0.29, 0.717) is 18.0 Å². The second-order valence-electron chi connectivity index (χ2n) is 5.49. The number of nitrogens with one attached hydrogen (secondary N) is 1. The highest BCUT2D eigenvalue weighted by atomic mass is 35.5. The van der Waals surface area contributed by atoms with Gasteiger partial charge in [-0.25, -0.2) is 8.42 Å². The molecule has 1 N–H and O–H groups in total. The number of halogens is 1. The normalized spacial score (nSPS) is 11.6. The molecule has 0 spiro atoms. The lowest BCUT2D eigenvalue weighted by Gasteiger charge is -2.19. The molecule has 146 valence electrons. The molecule has 11 heteroatoms. The number of rotatable bonds is 7. The van der Waals surface area contributed by atoms with Gasteiger partial charge >= 0.3 is 0 Å². The summed E-state index contributed by atoms with van der Waals surface area (Å²) in [5.41, 5.74) is -0.0299. The SMILES string of the molecule is CCN(CC)S(=O)(=O)c1ccc(Cl)c(NC(=O)c2cc([N+](=O)[O-])c(C)s2)c1. The summed E-state index contributed by atoms with van der Waals surface area (Å²) in [6, 6.07) is 5.21. The fourth-order valence-electron chi connectivity index (χ4n) is 2.42. The van der Waals surface area contributed by atoms with Gasteiger partial charge < -0.3 is 5.32 Å². The summed E-state index contributed by atoms with van der Waals surface area (Å²) >= 11 is 7.06. The first-order valence-electron chi connectivity index (χ1n) is 7.97. The number of sulfonamides is 1. The zero-order chi connectivity index (χ0) is 20.4. The number of nitrogens with zero attached hydrogens (tertiary/aromatic N) is 2. The Morgan fingerprint density at radius 3 is 2.44 bits per heavy atom. The highest BCUT2D eigenvalue weighted by Gasteiger charge is 2.24. The van der Waals surface area contributed by atoms with Gasteiger partial charge in [-0.15, -0.1) is 11.3 Å². The van der Waals surface area contributed by atoms with Gasteiger partial charge in [-0.05, 0) is 25.1 Å². The largest absolute Gasteiger partial charge is 0.320 e. The number of nitro groups is 1. The van der Waals surface area contributed by atoms with Crippen LogP contribution in [0.15, 0.2) is 29.2 Å². The fraction of sp³-hybridized carbons (Fsp3) is 0.312. The third-order valence-electron chi connectivity index (χ3n) is 3.84. The van der Waals surface area contributed by atoms with Gasteiger partial charge in [0.05, 0.1) is 30.3 Å². The Morgan fingerprint density at radius 1 is 1.30 bits per heavy atom. The van der Waals surface area contributed by atoms with Crippen LogP contribution in [-0.2, 0) is 10.0 Å². The van der Waals surface area contributed by atoms with Gasteiger partial charge in [0, 0.05) is 19.2 Å². The van der Waals surface area contributed by atoms with Crippen molar-refractivity contribution in [3.63, 3.8) is 0 Å². The van der Waals surface area contributed by atoms with Crippen molar-refractivity contribution in [1.29, 1.82) is 0 Å². The summed E-state index contributed by atoms with van der Waals surface area (Å²) in [4.78, 5) is 23.3. The van der Waals surface area contributed by atoms with Gasteiger partial charge in [0.1, 0.15) is 0 Å². The van der Waals surface area contributed by atoms with E-state index in [0.717, 1.165) is 11.3 Å². The molecule has 0 unspecified atom stereocenters. The van der Waals surface area contributed by atoms with Crippen LogP contribution in [-0.4, -0.2) is 36.6 Å². The van der Waals surface area contributed by atoms with Crippen LogP contribution in [0.4, 0.5) is 11.4 Å². The van der Waals surface area contributed by atoms with Crippen LogP contribution in [0.1, 0.15) is 28.4 Å². The first-order valence-corrected chi connectivity index (χ1v) is 10.6. The van der Waals surface area contributed by atoms with Crippen molar-refractivity contribution in [1.82, 2.24) is 4.31 Å². The Morgan fingerprint density at radius 2 is 1.93 bits per heavy atom. The maximum atomic E-state index is 12.6. The molecule has 1 heterocycles. The highest BCUT2D eigenvalue weighted by molar-refractivity contribution is 7.89. The molecule has 2 rings (SSSR count). The molecule has 0 saturated heterocycles. The van der Waals surface area contributed by atoms with E-state index in [1.54, 1.807) is 20.8 Å². The molecule has 1 aromatic carbocycles. The number of hydrogen-bond acceptors (Lipinski definition) is 6. The summed E-state index contributed by atoms with van der Waals surface area (Å²) < 4.78 is 26.6. The van der Waals surface area contributed by atoms with Crippen LogP contribution in [0.5, 0.6) is 0 Å². The van der Waals surface area contributed by atoms with Gasteiger partial charge in [-0.3, -0.25) is 14.9 Å². The lowest BCUT2D eigenvalue weighted by Crippen LogP contribution is -2.30. The highest BCUT2D eigenvalue weighted by Crippen LogP contribution is 2.31. The third kappa shape index (κ3) is 4.46. The minimum atomic E-state index is -3.72. The van der Waals surface area contributed by atoms with E-state index in [-0.39, 0.29) is 26.2 Å². The van der Waals surface area contributed by atoms with Crippen molar-refractivity contribution in [3.05, 3.63) is 49.2 Å². The molecule has 0 bridgehead atoms. The average Bonchev–Trinajstić information content (AvgIpc) is 2.99. The number of aryl methyl sites for hydroxylation is 1. The van der Waals surface area contributed by atoms with Crippen molar-refractivity contribution in [2.75, 3.05) is 18.4 Å². The van der Waals surface area contributed by atoms with Crippen LogP contribution >= 0.6 is 22.9 Å². The monoisotopic (exact) mass is 431 g/mol. The Bertz CT molecular complexity index is 984. The Labute approximate surface area is 166 Å². The summed E-state index contributed by atoms with van der Waals surface area (Å²) in [6.45, 7) is 5.61. The number of carbonyl (C=O) groups is 1. The van der Waals surface area contributed by atoms with E-state index < -0.39 is 20.9 Å². The Balaban J connectivity index is 2.36. The molecule has 27 heavy (non-hydrogen) atoms. The molecule has 0 atom stereocenters. The quantitative estimate of drug-likeness (QED) is 0.528. The second kappa shape index (κ2) is 8.34. The molecule has 0 aliphatic heterocycles. The van der Waals surface area contributed by atoms with Crippen molar-refractivity contribution in [2.24, 2.45) is 0 Å². The molecule has 0 fully saturated rings. The van der Waals surface area contributed by atoms with E-state index in [4.69, 9.17) is 11.6 Å². The Kier molecular flexibility index (Phi) is 6.58. The van der Waals surface area contributed by atoms with Gasteiger partial charge in [-0.1, -0.05) is 25.4 Å². The smallest absolute Gasteiger partial charge is 0.283 e. The van der Waals surface area contributed by atoms with E-state index in [2.05, 4.69) is 5.32 Å². The predicted octanol–water partition coefficient (Wildman–Crippen LogP) is 3.90. The van der Waals surface area contributed by atoms with Gasteiger partial charge in [0.25, 0.3) is 11.6 Å². The zero-order valence-corrected chi connectivity index (χ0v) is 17.2. The summed E-state index contributed by atoms with van der Waals surface area (Å²) in [5.74, 6) is -0.601. The molecular formula is C16H18ClN3O5S2. The van der Waals surface area contributed by atoms with Crippen molar-refractivity contribution in [2.45, 2.75) is 25.7 Å². The summed E-state index contributed by atoms with van der Waals surface area (Å²) in [7, 11) is -3.72. The average molecular weight is 432 g/mol. The lowest BCUT2D eigenvalue weighted by atomic mass is 10.3. The number of thiophene rings is 1. The number of hydrogen-bond donors (Lipinski definition) is 1.